The second kappa shape index (κ2) is 8.21. The molecule has 24 heavy (non-hydrogen) atoms. The SMILES string of the molecule is C=CCNc1nc(C(=O)OCC(=O)c2ccc(OC)c(F)c2)cs1. The summed E-state index contributed by atoms with van der Waals surface area (Å²) < 4.78 is 23.3. The second-order valence-electron chi connectivity index (χ2n) is 4.56. The Balaban J connectivity index is 1.93. The van der Waals surface area contributed by atoms with E-state index in [2.05, 4.69) is 16.9 Å². The molecule has 0 saturated carbocycles. The Labute approximate surface area is 141 Å². The van der Waals surface area contributed by atoms with Crippen molar-refractivity contribution < 1.29 is 23.5 Å². The quantitative estimate of drug-likeness (QED) is 0.448. The van der Waals surface area contributed by atoms with Crippen LogP contribution < -0.4 is 10.1 Å². The van der Waals surface area contributed by atoms with E-state index in [-0.39, 0.29) is 17.0 Å². The van der Waals surface area contributed by atoms with E-state index in [1.54, 1.807) is 6.08 Å². The lowest BCUT2D eigenvalue weighted by atomic mass is 10.1. The molecule has 0 saturated heterocycles. The number of methoxy groups -OCH3 is 1. The highest BCUT2D eigenvalue weighted by Crippen LogP contribution is 2.19. The number of aromatic nitrogens is 1. The number of nitrogens with zero attached hydrogens (tertiary/aromatic N) is 1. The van der Waals surface area contributed by atoms with Gasteiger partial charge in [-0.1, -0.05) is 6.08 Å². The van der Waals surface area contributed by atoms with Crippen LogP contribution in [0.2, 0.25) is 0 Å². The first-order valence-electron chi connectivity index (χ1n) is 6.89. The number of ketones is 1. The zero-order valence-electron chi connectivity index (χ0n) is 12.9. The molecule has 0 unspecified atom stereocenters. The van der Waals surface area contributed by atoms with Crippen molar-refractivity contribution in [1.82, 2.24) is 4.98 Å². The summed E-state index contributed by atoms with van der Waals surface area (Å²) in [6, 6.07) is 3.77. The van der Waals surface area contributed by atoms with Crippen LogP contribution in [0.3, 0.4) is 0 Å². The Bertz CT molecular complexity index is 760. The average molecular weight is 350 g/mol. The summed E-state index contributed by atoms with van der Waals surface area (Å²) >= 11 is 1.24. The molecule has 0 atom stereocenters. The van der Waals surface area contributed by atoms with Gasteiger partial charge in [-0.05, 0) is 18.2 Å². The highest BCUT2D eigenvalue weighted by Gasteiger charge is 2.16. The Kier molecular flexibility index (Phi) is 6.02. The first-order valence-corrected chi connectivity index (χ1v) is 7.77. The van der Waals surface area contributed by atoms with E-state index in [1.165, 1.54) is 36.0 Å². The maximum Gasteiger partial charge on any atom is 0.358 e. The Morgan fingerprint density at radius 1 is 1.46 bits per heavy atom. The zero-order chi connectivity index (χ0) is 17.5. The maximum atomic E-state index is 13.6. The molecule has 126 valence electrons. The van der Waals surface area contributed by atoms with Gasteiger partial charge in [-0.3, -0.25) is 4.79 Å². The highest BCUT2D eigenvalue weighted by atomic mass is 32.1. The molecule has 0 bridgehead atoms. The van der Waals surface area contributed by atoms with Crippen molar-refractivity contribution in [3.63, 3.8) is 0 Å². The summed E-state index contributed by atoms with van der Waals surface area (Å²) in [7, 11) is 1.33. The molecule has 1 aromatic carbocycles. The Morgan fingerprint density at radius 2 is 2.25 bits per heavy atom. The van der Waals surface area contributed by atoms with Crippen LogP contribution in [0.4, 0.5) is 9.52 Å². The fourth-order valence-electron chi connectivity index (χ4n) is 1.74. The van der Waals surface area contributed by atoms with Crippen molar-refractivity contribution in [1.29, 1.82) is 0 Å². The lowest BCUT2D eigenvalue weighted by Crippen LogP contribution is -2.15. The van der Waals surface area contributed by atoms with Crippen molar-refractivity contribution in [3.8, 4) is 5.75 Å². The van der Waals surface area contributed by atoms with Gasteiger partial charge < -0.3 is 14.8 Å². The smallest absolute Gasteiger partial charge is 0.358 e. The fraction of sp³-hybridized carbons (Fsp3) is 0.188. The number of rotatable bonds is 8. The number of carbonyl (C=O) groups is 2. The van der Waals surface area contributed by atoms with E-state index >= 15 is 0 Å². The van der Waals surface area contributed by atoms with Gasteiger partial charge in [-0.2, -0.15) is 0 Å². The summed E-state index contributed by atoms with van der Waals surface area (Å²) in [5, 5.41) is 5.00. The lowest BCUT2D eigenvalue weighted by molar-refractivity contribution is 0.0470. The normalized spacial score (nSPS) is 10.1. The number of halogens is 1. The van der Waals surface area contributed by atoms with Gasteiger partial charge >= 0.3 is 5.97 Å². The summed E-state index contributed by atoms with van der Waals surface area (Å²) in [4.78, 5) is 27.8. The number of nitrogens with one attached hydrogen (secondary N) is 1. The van der Waals surface area contributed by atoms with Crippen molar-refractivity contribution in [2.24, 2.45) is 0 Å². The third kappa shape index (κ3) is 4.39. The van der Waals surface area contributed by atoms with Crippen LogP contribution in [-0.2, 0) is 4.74 Å². The third-order valence-electron chi connectivity index (χ3n) is 2.92. The molecule has 6 nitrogen and oxygen atoms in total. The number of carbonyl (C=O) groups excluding carboxylic acids is 2. The molecule has 2 aromatic rings. The van der Waals surface area contributed by atoms with E-state index in [0.29, 0.717) is 11.7 Å². The van der Waals surface area contributed by atoms with Gasteiger partial charge in [0.15, 0.2) is 34.8 Å². The van der Waals surface area contributed by atoms with E-state index in [4.69, 9.17) is 9.47 Å². The first kappa shape index (κ1) is 17.6. The minimum Gasteiger partial charge on any atom is -0.494 e. The second-order valence-corrected chi connectivity index (χ2v) is 5.41. The van der Waals surface area contributed by atoms with Crippen LogP contribution >= 0.6 is 11.3 Å². The van der Waals surface area contributed by atoms with Crippen LogP contribution in [0, 0.1) is 5.82 Å². The number of thiazole rings is 1. The lowest BCUT2D eigenvalue weighted by Gasteiger charge is -2.05. The van der Waals surface area contributed by atoms with E-state index < -0.39 is 24.2 Å². The van der Waals surface area contributed by atoms with Gasteiger partial charge in [0.1, 0.15) is 0 Å². The number of hydrogen-bond acceptors (Lipinski definition) is 7. The van der Waals surface area contributed by atoms with E-state index in [0.717, 1.165) is 6.07 Å². The van der Waals surface area contributed by atoms with Gasteiger partial charge in [0.2, 0.25) is 0 Å². The molecule has 0 amide bonds. The largest absolute Gasteiger partial charge is 0.494 e. The fourth-order valence-corrected chi connectivity index (χ4v) is 2.43. The highest BCUT2D eigenvalue weighted by molar-refractivity contribution is 7.13. The van der Waals surface area contributed by atoms with E-state index in [1.807, 2.05) is 0 Å². The first-order chi connectivity index (χ1) is 11.5. The Morgan fingerprint density at radius 3 is 2.92 bits per heavy atom. The van der Waals surface area contributed by atoms with Gasteiger partial charge in [-0.25, -0.2) is 14.2 Å². The van der Waals surface area contributed by atoms with Crippen molar-refractivity contribution >= 4 is 28.2 Å². The number of anilines is 1. The van der Waals surface area contributed by atoms with Gasteiger partial charge in [0.25, 0.3) is 0 Å². The van der Waals surface area contributed by atoms with Crippen LogP contribution in [0.1, 0.15) is 20.8 Å². The molecule has 0 aliphatic carbocycles. The predicted molar refractivity (Wildman–Crippen MR) is 88.4 cm³/mol. The summed E-state index contributed by atoms with van der Waals surface area (Å²) in [5.41, 5.74) is 0.188. The maximum absolute atomic E-state index is 13.6. The molecule has 1 aromatic heterocycles. The number of benzene rings is 1. The van der Waals surface area contributed by atoms with Gasteiger partial charge in [0, 0.05) is 17.5 Å². The number of esters is 1. The van der Waals surface area contributed by atoms with Crippen LogP contribution in [0.15, 0.2) is 36.2 Å². The van der Waals surface area contributed by atoms with Crippen molar-refractivity contribution in [2.75, 3.05) is 25.6 Å². The average Bonchev–Trinajstić information content (AvgIpc) is 3.06. The van der Waals surface area contributed by atoms with Gasteiger partial charge in [0.05, 0.1) is 7.11 Å². The molecular weight excluding hydrogens is 335 g/mol. The molecule has 0 spiro atoms. The topological polar surface area (TPSA) is 77.5 Å². The number of hydrogen-bond donors (Lipinski definition) is 1. The molecule has 1 N–H and O–H groups in total. The van der Waals surface area contributed by atoms with Crippen LogP contribution in [0.25, 0.3) is 0 Å². The molecular formula is C16H15FN2O4S. The molecule has 0 fully saturated rings. The van der Waals surface area contributed by atoms with Gasteiger partial charge in [-0.15, -0.1) is 17.9 Å². The van der Waals surface area contributed by atoms with E-state index in [9.17, 15) is 14.0 Å². The molecule has 8 heteroatoms. The molecule has 0 aliphatic heterocycles. The molecule has 0 aliphatic rings. The monoisotopic (exact) mass is 350 g/mol. The predicted octanol–water partition coefficient (Wildman–Crippen LogP) is 2.93. The molecule has 2 rings (SSSR count). The molecule has 0 radical (unpaired) electrons. The molecule has 1 heterocycles. The minimum absolute atomic E-state index is 0.0329. The zero-order valence-corrected chi connectivity index (χ0v) is 13.7. The summed E-state index contributed by atoms with van der Waals surface area (Å²) in [6.07, 6.45) is 1.66. The van der Waals surface area contributed by atoms with Crippen molar-refractivity contribution in [2.45, 2.75) is 0 Å². The number of Topliss-reactive ketones (excluding diaryl/α,β-unsaturated/α-hetero) is 1. The standard InChI is InChI=1S/C16H15FN2O4S/c1-3-6-18-16-19-12(9-24-16)15(21)23-8-13(20)10-4-5-14(22-2)11(17)7-10/h3-5,7,9H,1,6,8H2,2H3,(H,18,19). The third-order valence-corrected chi connectivity index (χ3v) is 3.72. The summed E-state index contributed by atoms with van der Waals surface area (Å²) in [5.74, 6) is -1.87. The Hall–Kier alpha value is -2.74. The van der Waals surface area contributed by atoms with Crippen LogP contribution in [-0.4, -0.2) is 37.0 Å². The summed E-state index contributed by atoms with van der Waals surface area (Å²) in [6.45, 7) is 3.58. The van der Waals surface area contributed by atoms with Crippen LogP contribution in [0.5, 0.6) is 5.75 Å². The van der Waals surface area contributed by atoms with Crippen molar-refractivity contribution in [3.05, 3.63) is 53.3 Å². The minimum atomic E-state index is -0.722. The number of ether oxygens (including phenoxy) is 2.